The second kappa shape index (κ2) is 8.38. The molecule has 0 radical (unpaired) electrons. The van der Waals surface area contributed by atoms with Crippen molar-refractivity contribution < 1.29 is 14.6 Å². The molecule has 0 atom stereocenters. The third kappa shape index (κ3) is 3.70. The van der Waals surface area contributed by atoms with Gasteiger partial charge in [-0.05, 0) is 30.3 Å². The summed E-state index contributed by atoms with van der Waals surface area (Å²) in [5.74, 6) is 0.0853. The first-order chi connectivity index (χ1) is 13.6. The van der Waals surface area contributed by atoms with Gasteiger partial charge in [-0.15, -0.1) is 12.4 Å². The second-order valence-corrected chi connectivity index (χ2v) is 6.38. The summed E-state index contributed by atoms with van der Waals surface area (Å²) in [7, 11) is 1.49. The number of phenols is 1. The van der Waals surface area contributed by atoms with E-state index in [4.69, 9.17) is 10.5 Å². The molecule has 0 spiro atoms. The number of carbonyl (C=O) groups excluding carboxylic acids is 1. The van der Waals surface area contributed by atoms with Crippen LogP contribution in [0.3, 0.4) is 0 Å². The number of nitrogens with zero attached hydrogens (tertiary/aromatic N) is 1. The molecule has 0 bridgehead atoms. The van der Waals surface area contributed by atoms with Gasteiger partial charge in [0.1, 0.15) is 5.69 Å². The number of para-hydroxylation sites is 1. The molecule has 0 unspecified atom stereocenters. The number of aromatic hydroxyl groups is 1. The first kappa shape index (κ1) is 20.4. The maximum Gasteiger partial charge on any atom is 0.269 e. The molecule has 0 aliphatic carbocycles. The van der Waals surface area contributed by atoms with Crippen LogP contribution in [0.25, 0.3) is 33.1 Å². The van der Waals surface area contributed by atoms with Gasteiger partial charge in [0.2, 0.25) is 0 Å². The Labute approximate surface area is 173 Å². The van der Waals surface area contributed by atoms with E-state index in [1.807, 2.05) is 24.3 Å². The summed E-state index contributed by atoms with van der Waals surface area (Å²) in [6.45, 7) is 0.720. The number of methoxy groups -OCH3 is 1. The number of aromatic nitrogens is 2. The molecule has 0 fully saturated rings. The molecular formula is C21H21ClN4O3. The smallest absolute Gasteiger partial charge is 0.269 e. The van der Waals surface area contributed by atoms with Gasteiger partial charge in [0, 0.05) is 34.9 Å². The third-order valence-electron chi connectivity index (χ3n) is 4.61. The molecule has 2 aromatic carbocycles. The highest BCUT2D eigenvalue weighted by molar-refractivity contribution is 6.13. The van der Waals surface area contributed by atoms with Crippen molar-refractivity contribution in [2.45, 2.75) is 0 Å². The normalized spacial score (nSPS) is 10.7. The number of nitrogens with one attached hydrogen (secondary N) is 2. The number of pyridine rings is 1. The maximum atomic E-state index is 12.6. The molecule has 5 N–H and O–H groups in total. The Balaban J connectivity index is 0.00000240. The van der Waals surface area contributed by atoms with Crippen LogP contribution >= 0.6 is 12.4 Å². The summed E-state index contributed by atoms with van der Waals surface area (Å²) in [6, 6.07) is 14.6. The lowest BCUT2D eigenvalue weighted by Gasteiger charge is -2.10. The van der Waals surface area contributed by atoms with E-state index >= 15 is 0 Å². The predicted octanol–water partition coefficient (Wildman–Crippen LogP) is 3.21. The lowest BCUT2D eigenvalue weighted by Crippen LogP contribution is -2.29. The van der Waals surface area contributed by atoms with E-state index < -0.39 is 0 Å². The Morgan fingerprint density at radius 2 is 2.00 bits per heavy atom. The molecular weight excluding hydrogens is 392 g/mol. The van der Waals surface area contributed by atoms with E-state index in [0.29, 0.717) is 30.2 Å². The zero-order valence-electron chi connectivity index (χ0n) is 15.7. The topological polar surface area (TPSA) is 113 Å². The van der Waals surface area contributed by atoms with Gasteiger partial charge in [-0.3, -0.25) is 4.79 Å². The van der Waals surface area contributed by atoms with Gasteiger partial charge in [-0.2, -0.15) is 0 Å². The molecule has 0 aliphatic rings. The average Bonchev–Trinajstić information content (AvgIpc) is 3.10. The fourth-order valence-corrected chi connectivity index (χ4v) is 3.27. The van der Waals surface area contributed by atoms with Crippen molar-refractivity contribution in [1.82, 2.24) is 15.3 Å². The highest BCUT2D eigenvalue weighted by atomic mass is 35.5. The van der Waals surface area contributed by atoms with E-state index in [2.05, 4.69) is 15.3 Å². The molecule has 29 heavy (non-hydrogen) atoms. The first-order valence-corrected chi connectivity index (χ1v) is 8.89. The standard InChI is InChI=1S/C21H20N4O3.ClH/c1-28-18-10-12(6-7-17(18)26)19-20-14(13-4-2-3-5-15(13)24-20)11-16(25-19)21(27)23-9-8-22;/h2-7,10-11,24,26H,8-9,22H2,1H3,(H,23,27);1H. The minimum absolute atomic E-state index is 0. The fraction of sp³-hybridized carbons (Fsp3) is 0.143. The summed E-state index contributed by atoms with van der Waals surface area (Å²) in [5, 5.41) is 14.6. The van der Waals surface area contributed by atoms with Crippen molar-refractivity contribution in [2.24, 2.45) is 5.73 Å². The number of benzene rings is 2. The van der Waals surface area contributed by atoms with Crippen molar-refractivity contribution in [3.05, 3.63) is 54.2 Å². The summed E-state index contributed by atoms with van der Waals surface area (Å²) in [5.41, 5.74) is 8.87. The molecule has 0 saturated carbocycles. The maximum absolute atomic E-state index is 12.6. The van der Waals surface area contributed by atoms with Crippen LogP contribution in [0.5, 0.6) is 11.5 Å². The number of carbonyl (C=O) groups is 1. The van der Waals surface area contributed by atoms with Crippen LogP contribution in [0.2, 0.25) is 0 Å². The summed E-state index contributed by atoms with van der Waals surface area (Å²) < 4.78 is 5.23. The van der Waals surface area contributed by atoms with Crippen LogP contribution in [0.4, 0.5) is 0 Å². The highest BCUT2D eigenvalue weighted by Gasteiger charge is 2.17. The number of ether oxygens (including phenoxy) is 1. The lowest BCUT2D eigenvalue weighted by atomic mass is 10.1. The molecule has 150 valence electrons. The number of nitrogens with two attached hydrogens (primary N) is 1. The summed E-state index contributed by atoms with van der Waals surface area (Å²) in [6.07, 6.45) is 0. The molecule has 2 heterocycles. The second-order valence-electron chi connectivity index (χ2n) is 6.38. The molecule has 1 amide bonds. The molecule has 0 aliphatic heterocycles. The molecule has 4 rings (SSSR count). The van der Waals surface area contributed by atoms with E-state index in [9.17, 15) is 9.90 Å². The van der Waals surface area contributed by atoms with Crippen molar-refractivity contribution in [1.29, 1.82) is 0 Å². The number of fused-ring (bicyclic) bond motifs is 3. The van der Waals surface area contributed by atoms with E-state index in [0.717, 1.165) is 27.4 Å². The zero-order chi connectivity index (χ0) is 19.7. The number of phenolic OH excluding ortho intramolecular Hbond substituents is 1. The van der Waals surface area contributed by atoms with E-state index in [-0.39, 0.29) is 24.1 Å². The number of aromatic amines is 1. The Morgan fingerprint density at radius 3 is 2.76 bits per heavy atom. The van der Waals surface area contributed by atoms with Crippen molar-refractivity contribution in [3.63, 3.8) is 0 Å². The summed E-state index contributed by atoms with van der Waals surface area (Å²) in [4.78, 5) is 20.6. The van der Waals surface area contributed by atoms with Crippen LogP contribution in [0.1, 0.15) is 10.5 Å². The van der Waals surface area contributed by atoms with Crippen LogP contribution in [-0.4, -0.2) is 41.2 Å². The summed E-state index contributed by atoms with van der Waals surface area (Å²) >= 11 is 0. The number of rotatable bonds is 5. The van der Waals surface area contributed by atoms with Crippen molar-refractivity contribution in [2.75, 3.05) is 20.2 Å². The fourth-order valence-electron chi connectivity index (χ4n) is 3.27. The Bertz CT molecular complexity index is 1190. The van der Waals surface area contributed by atoms with Gasteiger partial charge in [-0.25, -0.2) is 4.98 Å². The Morgan fingerprint density at radius 1 is 1.21 bits per heavy atom. The van der Waals surface area contributed by atoms with Gasteiger partial charge in [-0.1, -0.05) is 18.2 Å². The molecule has 7 nitrogen and oxygen atoms in total. The first-order valence-electron chi connectivity index (χ1n) is 8.89. The van der Waals surface area contributed by atoms with Gasteiger partial charge in [0.05, 0.1) is 18.3 Å². The number of hydrogen-bond acceptors (Lipinski definition) is 5. The van der Waals surface area contributed by atoms with Gasteiger partial charge in [0.15, 0.2) is 11.5 Å². The Kier molecular flexibility index (Phi) is 5.91. The van der Waals surface area contributed by atoms with Crippen LogP contribution < -0.4 is 15.8 Å². The average molecular weight is 413 g/mol. The van der Waals surface area contributed by atoms with Crippen LogP contribution in [-0.2, 0) is 0 Å². The predicted molar refractivity (Wildman–Crippen MR) is 116 cm³/mol. The quantitative estimate of drug-likeness (QED) is 0.402. The Hall–Kier alpha value is -3.29. The van der Waals surface area contributed by atoms with E-state index in [1.54, 1.807) is 24.3 Å². The third-order valence-corrected chi connectivity index (χ3v) is 4.61. The molecule has 4 aromatic rings. The highest BCUT2D eigenvalue weighted by Crippen LogP contribution is 2.36. The number of H-pyrrole nitrogens is 1. The van der Waals surface area contributed by atoms with Crippen LogP contribution in [0.15, 0.2) is 48.5 Å². The van der Waals surface area contributed by atoms with Crippen molar-refractivity contribution in [3.8, 4) is 22.8 Å². The SMILES string of the molecule is COc1cc(-c2nc(C(=O)NCCN)cc3c2[nH]c2ccccc23)ccc1O.Cl. The molecule has 8 heteroatoms. The van der Waals surface area contributed by atoms with Crippen molar-refractivity contribution >= 4 is 40.1 Å². The van der Waals surface area contributed by atoms with Gasteiger partial charge in [0.25, 0.3) is 5.91 Å². The molecule has 0 saturated heterocycles. The number of amides is 1. The van der Waals surface area contributed by atoms with Gasteiger partial charge < -0.3 is 25.9 Å². The zero-order valence-corrected chi connectivity index (χ0v) is 16.5. The monoisotopic (exact) mass is 412 g/mol. The number of hydrogen-bond donors (Lipinski definition) is 4. The lowest BCUT2D eigenvalue weighted by molar-refractivity contribution is 0.0950. The van der Waals surface area contributed by atoms with Crippen LogP contribution in [0, 0.1) is 0 Å². The van der Waals surface area contributed by atoms with E-state index in [1.165, 1.54) is 7.11 Å². The minimum atomic E-state index is -0.287. The minimum Gasteiger partial charge on any atom is -0.504 e. The largest absolute Gasteiger partial charge is 0.504 e. The van der Waals surface area contributed by atoms with Gasteiger partial charge >= 0.3 is 0 Å². The molecule has 2 aromatic heterocycles. The number of halogens is 1.